The SMILES string of the molecule is CN(C)S(=O)(=O)c1ccc(NC(=O)CCCCCCCCC(=O)Nc2ccc(S(=O)(=O)N(C)C)cc2)cc1. The van der Waals surface area contributed by atoms with Crippen LogP contribution in [0.25, 0.3) is 0 Å². The van der Waals surface area contributed by atoms with E-state index in [2.05, 4.69) is 10.6 Å². The summed E-state index contributed by atoms with van der Waals surface area (Å²) in [7, 11) is -1.13. The van der Waals surface area contributed by atoms with E-state index in [1.54, 1.807) is 24.3 Å². The molecule has 12 heteroatoms. The Hall–Kier alpha value is -2.80. The molecule has 0 aliphatic carbocycles. The number of carbonyl (C=O) groups excluding carboxylic acids is 2. The van der Waals surface area contributed by atoms with Gasteiger partial charge in [-0.25, -0.2) is 25.4 Å². The van der Waals surface area contributed by atoms with Gasteiger partial charge in [0.15, 0.2) is 0 Å². The quantitative estimate of drug-likeness (QED) is 0.314. The molecule has 0 aliphatic rings. The van der Waals surface area contributed by atoms with Crippen molar-refractivity contribution in [3.05, 3.63) is 48.5 Å². The van der Waals surface area contributed by atoms with Gasteiger partial charge in [-0.3, -0.25) is 9.59 Å². The predicted molar refractivity (Wildman–Crippen MR) is 149 cm³/mol. The summed E-state index contributed by atoms with van der Waals surface area (Å²) < 4.78 is 50.7. The van der Waals surface area contributed by atoms with E-state index in [0.29, 0.717) is 24.2 Å². The lowest BCUT2D eigenvalue weighted by atomic mass is 10.1. The molecule has 0 spiro atoms. The first-order valence-corrected chi connectivity index (χ1v) is 15.4. The molecular weight excluding hydrogens is 528 g/mol. The Morgan fingerprint density at radius 2 is 0.842 bits per heavy atom. The summed E-state index contributed by atoms with van der Waals surface area (Å²) in [6.07, 6.45) is 6.01. The lowest BCUT2D eigenvalue weighted by Gasteiger charge is -2.12. The Bertz CT molecular complexity index is 1170. The molecule has 38 heavy (non-hydrogen) atoms. The first-order chi connectivity index (χ1) is 17.8. The van der Waals surface area contributed by atoms with Gasteiger partial charge in [0.1, 0.15) is 0 Å². The number of anilines is 2. The van der Waals surface area contributed by atoms with Crippen molar-refractivity contribution < 1.29 is 26.4 Å². The molecule has 2 amide bonds. The van der Waals surface area contributed by atoms with Crippen molar-refractivity contribution in [1.82, 2.24) is 8.61 Å². The first kappa shape index (κ1) is 31.4. The third-order valence-electron chi connectivity index (χ3n) is 5.89. The van der Waals surface area contributed by atoms with Gasteiger partial charge in [-0.15, -0.1) is 0 Å². The number of carbonyl (C=O) groups is 2. The summed E-state index contributed by atoms with van der Waals surface area (Å²) in [4.78, 5) is 24.6. The molecule has 0 aliphatic heterocycles. The van der Waals surface area contributed by atoms with Crippen molar-refractivity contribution in [2.24, 2.45) is 0 Å². The summed E-state index contributed by atoms with van der Waals surface area (Å²) in [5, 5.41) is 5.57. The van der Waals surface area contributed by atoms with Crippen LogP contribution in [0.1, 0.15) is 51.4 Å². The number of hydrogen-bond acceptors (Lipinski definition) is 6. The highest BCUT2D eigenvalue weighted by Gasteiger charge is 2.17. The first-order valence-electron chi connectivity index (χ1n) is 12.5. The van der Waals surface area contributed by atoms with Gasteiger partial charge in [-0.05, 0) is 61.4 Å². The third kappa shape index (κ3) is 9.50. The molecule has 0 radical (unpaired) electrons. The molecular formula is C26H38N4O6S2. The van der Waals surface area contributed by atoms with Crippen molar-refractivity contribution in [3.63, 3.8) is 0 Å². The monoisotopic (exact) mass is 566 g/mol. The van der Waals surface area contributed by atoms with Crippen LogP contribution >= 0.6 is 0 Å². The van der Waals surface area contributed by atoms with Gasteiger partial charge >= 0.3 is 0 Å². The number of benzene rings is 2. The van der Waals surface area contributed by atoms with E-state index < -0.39 is 20.0 Å². The average Bonchev–Trinajstić information content (AvgIpc) is 2.86. The highest BCUT2D eigenvalue weighted by atomic mass is 32.2. The Balaban J connectivity index is 1.58. The molecule has 2 rings (SSSR count). The van der Waals surface area contributed by atoms with Crippen molar-refractivity contribution in [2.45, 2.75) is 61.2 Å². The minimum Gasteiger partial charge on any atom is -0.326 e. The van der Waals surface area contributed by atoms with Gasteiger partial charge in [0, 0.05) is 52.4 Å². The van der Waals surface area contributed by atoms with Crippen LogP contribution in [0.15, 0.2) is 58.3 Å². The molecule has 10 nitrogen and oxygen atoms in total. The van der Waals surface area contributed by atoms with Gasteiger partial charge in [-0.1, -0.05) is 25.7 Å². The molecule has 0 aromatic heterocycles. The predicted octanol–water partition coefficient (Wildman–Crippen LogP) is 3.89. The second-order valence-corrected chi connectivity index (χ2v) is 13.6. The van der Waals surface area contributed by atoms with E-state index in [1.165, 1.54) is 52.5 Å². The normalized spacial score (nSPS) is 12.1. The van der Waals surface area contributed by atoms with E-state index in [4.69, 9.17) is 0 Å². The molecule has 0 atom stereocenters. The van der Waals surface area contributed by atoms with Crippen molar-refractivity contribution in [2.75, 3.05) is 38.8 Å². The van der Waals surface area contributed by atoms with E-state index in [0.717, 1.165) is 47.1 Å². The van der Waals surface area contributed by atoms with Gasteiger partial charge in [-0.2, -0.15) is 0 Å². The second-order valence-electron chi connectivity index (χ2n) is 9.34. The average molecular weight is 567 g/mol. The Labute approximate surface area is 226 Å². The van der Waals surface area contributed by atoms with Crippen LogP contribution in [0, 0.1) is 0 Å². The summed E-state index contributed by atoms with van der Waals surface area (Å²) in [5.41, 5.74) is 1.11. The van der Waals surface area contributed by atoms with Crippen LogP contribution < -0.4 is 10.6 Å². The van der Waals surface area contributed by atoms with E-state index in [-0.39, 0.29) is 21.6 Å². The molecule has 2 N–H and O–H groups in total. The standard InChI is InChI=1S/C26H38N4O6S2/c1-29(2)37(33,34)23-17-13-21(14-18-23)27-25(31)11-9-7-5-6-8-10-12-26(32)28-22-15-19-24(20-16-22)38(35,36)30(3)4/h13-20H,5-12H2,1-4H3,(H,27,31)(H,28,32). The zero-order chi connectivity index (χ0) is 28.3. The topological polar surface area (TPSA) is 133 Å². The lowest BCUT2D eigenvalue weighted by Crippen LogP contribution is -2.22. The van der Waals surface area contributed by atoms with Crippen LogP contribution in [-0.2, 0) is 29.6 Å². The highest BCUT2D eigenvalue weighted by Crippen LogP contribution is 2.18. The Morgan fingerprint density at radius 3 is 1.13 bits per heavy atom. The van der Waals surface area contributed by atoms with Crippen molar-refractivity contribution >= 4 is 43.2 Å². The Morgan fingerprint density at radius 1 is 0.553 bits per heavy atom. The molecule has 0 heterocycles. The molecule has 0 unspecified atom stereocenters. The fourth-order valence-electron chi connectivity index (χ4n) is 3.57. The zero-order valence-electron chi connectivity index (χ0n) is 22.4. The maximum absolute atomic E-state index is 12.1. The largest absolute Gasteiger partial charge is 0.326 e. The molecule has 0 saturated heterocycles. The van der Waals surface area contributed by atoms with Gasteiger partial charge in [0.2, 0.25) is 31.9 Å². The maximum Gasteiger partial charge on any atom is 0.242 e. The number of nitrogens with one attached hydrogen (secondary N) is 2. The lowest BCUT2D eigenvalue weighted by molar-refractivity contribution is -0.117. The van der Waals surface area contributed by atoms with Crippen LogP contribution in [-0.4, -0.2) is 65.5 Å². The van der Waals surface area contributed by atoms with Crippen molar-refractivity contribution in [3.8, 4) is 0 Å². The van der Waals surface area contributed by atoms with Crippen molar-refractivity contribution in [1.29, 1.82) is 0 Å². The fraction of sp³-hybridized carbons (Fsp3) is 0.462. The number of amides is 2. The summed E-state index contributed by atoms with van der Waals surface area (Å²) in [6, 6.07) is 12.2. The van der Waals surface area contributed by atoms with E-state index in [9.17, 15) is 26.4 Å². The minimum atomic E-state index is -3.50. The van der Waals surface area contributed by atoms with Gasteiger partial charge in [0.25, 0.3) is 0 Å². The molecule has 0 fully saturated rings. The smallest absolute Gasteiger partial charge is 0.242 e. The van der Waals surface area contributed by atoms with Gasteiger partial charge < -0.3 is 10.6 Å². The number of unbranched alkanes of at least 4 members (excludes halogenated alkanes) is 5. The number of rotatable bonds is 15. The number of nitrogens with zero attached hydrogens (tertiary/aromatic N) is 2. The molecule has 2 aromatic rings. The van der Waals surface area contributed by atoms with Crippen LogP contribution in [0.3, 0.4) is 0 Å². The molecule has 0 bridgehead atoms. The van der Waals surface area contributed by atoms with E-state index in [1.807, 2.05) is 0 Å². The summed E-state index contributed by atoms with van der Waals surface area (Å²) in [6.45, 7) is 0. The third-order valence-corrected chi connectivity index (χ3v) is 9.55. The fourth-order valence-corrected chi connectivity index (χ4v) is 5.37. The summed E-state index contributed by atoms with van der Waals surface area (Å²) in [5.74, 6) is -0.227. The molecule has 2 aromatic carbocycles. The number of hydrogen-bond donors (Lipinski definition) is 2. The van der Waals surface area contributed by atoms with Crippen LogP contribution in [0.4, 0.5) is 11.4 Å². The molecule has 210 valence electrons. The maximum atomic E-state index is 12.1. The number of sulfonamides is 2. The highest BCUT2D eigenvalue weighted by molar-refractivity contribution is 7.89. The van der Waals surface area contributed by atoms with E-state index >= 15 is 0 Å². The second kappa shape index (κ2) is 14.4. The van der Waals surface area contributed by atoms with Crippen LogP contribution in [0.5, 0.6) is 0 Å². The minimum absolute atomic E-state index is 0.114. The summed E-state index contributed by atoms with van der Waals surface area (Å²) >= 11 is 0. The van der Waals surface area contributed by atoms with Gasteiger partial charge in [0.05, 0.1) is 9.79 Å². The molecule has 0 saturated carbocycles. The van der Waals surface area contributed by atoms with Crippen LogP contribution in [0.2, 0.25) is 0 Å². The Kier molecular flexibility index (Phi) is 11.9. The zero-order valence-corrected chi connectivity index (χ0v) is 24.1.